The molecule has 6 nitrogen and oxygen atoms in total. The number of hydrogen-bond donors (Lipinski definition) is 1. The Kier molecular flexibility index (Phi) is 6.18. The molecule has 0 spiro atoms. The van der Waals surface area contributed by atoms with Crippen LogP contribution in [0.1, 0.15) is 38.4 Å². The van der Waals surface area contributed by atoms with Crippen molar-refractivity contribution in [1.82, 2.24) is 14.8 Å². The van der Waals surface area contributed by atoms with Crippen LogP contribution in [0.5, 0.6) is 0 Å². The molecule has 0 saturated carbocycles. The van der Waals surface area contributed by atoms with Gasteiger partial charge < -0.3 is 19.0 Å². The highest BCUT2D eigenvalue weighted by atomic mass is 32.1. The van der Waals surface area contributed by atoms with Crippen molar-refractivity contribution in [2.24, 2.45) is 0 Å². The number of aryl methyl sites for hydroxylation is 1. The summed E-state index contributed by atoms with van der Waals surface area (Å²) in [6.07, 6.45) is 1.67. The molecule has 1 amide bonds. The van der Waals surface area contributed by atoms with Gasteiger partial charge in [0.15, 0.2) is 0 Å². The number of rotatable bonds is 7. The average molecular weight is 414 g/mol. The maximum atomic E-state index is 13.0. The van der Waals surface area contributed by atoms with Crippen molar-refractivity contribution in [2.75, 3.05) is 32.8 Å². The first kappa shape index (κ1) is 19.9. The van der Waals surface area contributed by atoms with Crippen LogP contribution in [0.25, 0.3) is 0 Å². The Bertz CT molecular complexity index is 925. The molecular formula is C22H27N3O3S. The third kappa shape index (κ3) is 4.47. The van der Waals surface area contributed by atoms with Gasteiger partial charge >= 0.3 is 0 Å². The standard InChI is InChI=1S/C22H27N3O3S/c1-16-13-19(17(2)25(16)15-18-5-3-9-28-18)22(26)23-14-20(21-6-4-12-29-21)24-7-10-27-11-8-24/h3-6,9,12-13,20H,7-8,10-11,14-15H2,1-2H3,(H,23,26)/t20-/m0/s1. The number of nitrogens with zero attached hydrogens (tertiary/aromatic N) is 2. The fourth-order valence-electron chi connectivity index (χ4n) is 3.90. The minimum atomic E-state index is -0.0291. The largest absolute Gasteiger partial charge is 0.467 e. The number of thiophene rings is 1. The molecular weight excluding hydrogens is 386 g/mol. The van der Waals surface area contributed by atoms with Crippen molar-refractivity contribution >= 4 is 17.2 Å². The van der Waals surface area contributed by atoms with Crippen LogP contribution in [0.15, 0.2) is 46.4 Å². The molecule has 1 atom stereocenters. The van der Waals surface area contributed by atoms with E-state index in [9.17, 15) is 4.79 Å². The molecule has 3 aromatic rings. The molecule has 0 aromatic carbocycles. The summed E-state index contributed by atoms with van der Waals surface area (Å²) < 4.78 is 13.1. The Labute approximate surface area is 175 Å². The minimum absolute atomic E-state index is 0.0291. The summed E-state index contributed by atoms with van der Waals surface area (Å²) in [6, 6.07) is 10.2. The summed E-state index contributed by atoms with van der Waals surface area (Å²) in [5.41, 5.74) is 2.73. The van der Waals surface area contributed by atoms with Crippen LogP contribution >= 0.6 is 11.3 Å². The van der Waals surface area contributed by atoms with Gasteiger partial charge in [0, 0.05) is 35.9 Å². The van der Waals surface area contributed by atoms with Crippen LogP contribution in [-0.2, 0) is 11.3 Å². The third-order valence-corrected chi connectivity index (χ3v) is 6.50. The number of aromatic nitrogens is 1. The van der Waals surface area contributed by atoms with Gasteiger partial charge in [-0.1, -0.05) is 6.07 Å². The highest BCUT2D eigenvalue weighted by Gasteiger charge is 2.25. The number of furan rings is 1. The van der Waals surface area contributed by atoms with E-state index in [1.54, 1.807) is 17.6 Å². The van der Waals surface area contributed by atoms with Crippen LogP contribution in [0.3, 0.4) is 0 Å². The topological polar surface area (TPSA) is 59.6 Å². The van der Waals surface area contributed by atoms with Crippen LogP contribution in [0, 0.1) is 13.8 Å². The zero-order valence-corrected chi connectivity index (χ0v) is 17.7. The normalized spacial score (nSPS) is 16.1. The van der Waals surface area contributed by atoms with Gasteiger partial charge in [0.25, 0.3) is 5.91 Å². The van der Waals surface area contributed by atoms with Gasteiger partial charge in [-0.2, -0.15) is 0 Å². The average Bonchev–Trinajstić information content (AvgIpc) is 3.48. The lowest BCUT2D eigenvalue weighted by Crippen LogP contribution is -2.43. The quantitative estimate of drug-likeness (QED) is 0.643. The number of hydrogen-bond acceptors (Lipinski definition) is 5. The van der Waals surface area contributed by atoms with Gasteiger partial charge in [0.2, 0.25) is 0 Å². The number of carbonyl (C=O) groups excluding carboxylic acids is 1. The summed E-state index contributed by atoms with van der Waals surface area (Å²) in [4.78, 5) is 16.7. The molecule has 0 bridgehead atoms. The summed E-state index contributed by atoms with van der Waals surface area (Å²) in [5, 5.41) is 5.26. The molecule has 7 heteroatoms. The van der Waals surface area contributed by atoms with E-state index in [1.807, 2.05) is 32.0 Å². The van der Waals surface area contributed by atoms with Gasteiger partial charge in [0.05, 0.1) is 37.6 Å². The summed E-state index contributed by atoms with van der Waals surface area (Å²) in [6.45, 7) is 8.48. The highest BCUT2D eigenvalue weighted by molar-refractivity contribution is 7.10. The molecule has 3 aromatic heterocycles. The summed E-state index contributed by atoms with van der Waals surface area (Å²) in [5.74, 6) is 0.849. The van der Waals surface area contributed by atoms with E-state index >= 15 is 0 Å². The Morgan fingerprint density at radius 1 is 1.24 bits per heavy atom. The number of nitrogens with one attached hydrogen (secondary N) is 1. The fourth-order valence-corrected chi connectivity index (χ4v) is 4.76. The van der Waals surface area contributed by atoms with Gasteiger partial charge in [0.1, 0.15) is 5.76 Å². The molecule has 1 aliphatic rings. The lowest BCUT2D eigenvalue weighted by molar-refractivity contribution is 0.0169. The van der Waals surface area contributed by atoms with Crippen molar-refractivity contribution in [3.8, 4) is 0 Å². The van der Waals surface area contributed by atoms with Crippen LogP contribution in [-0.4, -0.2) is 48.2 Å². The summed E-state index contributed by atoms with van der Waals surface area (Å²) >= 11 is 1.74. The van der Waals surface area contributed by atoms with Gasteiger partial charge in [-0.15, -0.1) is 11.3 Å². The Hall–Kier alpha value is -2.35. The first-order valence-electron chi connectivity index (χ1n) is 9.96. The Morgan fingerprint density at radius 3 is 2.76 bits per heavy atom. The highest BCUT2D eigenvalue weighted by Crippen LogP contribution is 2.26. The van der Waals surface area contributed by atoms with Crippen LogP contribution in [0.2, 0.25) is 0 Å². The zero-order chi connectivity index (χ0) is 20.2. The van der Waals surface area contributed by atoms with Crippen molar-refractivity contribution in [1.29, 1.82) is 0 Å². The Morgan fingerprint density at radius 2 is 2.07 bits per heavy atom. The van der Waals surface area contributed by atoms with Gasteiger partial charge in [-0.3, -0.25) is 9.69 Å². The van der Waals surface area contributed by atoms with E-state index in [1.165, 1.54) is 4.88 Å². The monoisotopic (exact) mass is 413 g/mol. The molecule has 154 valence electrons. The molecule has 1 saturated heterocycles. The summed E-state index contributed by atoms with van der Waals surface area (Å²) in [7, 11) is 0. The van der Waals surface area contributed by atoms with Crippen LogP contribution in [0.4, 0.5) is 0 Å². The first-order chi connectivity index (χ1) is 14.1. The van der Waals surface area contributed by atoms with Crippen molar-refractivity contribution in [2.45, 2.75) is 26.4 Å². The molecule has 1 aliphatic heterocycles. The zero-order valence-electron chi connectivity index (χ0n) is 16.9. The lowest BCUT2D eigenvalue weighted by atomic mass is 10.1. The second-order valence-corrected chi connectivity index (χ2v) is 8.32. The smallest absolute Gasteiger partial charge is 0.253 e. The molecule has 4 heterocycles. The van der Waals surface area contributed by atoms with Crippen molar-refractivity contribution < 1.29 is 13.9 Å². The lowest BCUT2D eigenvalue weighted by Gasteiger charge is -2.34. The van der Waals surface area contributed by atoms with Crippen molar-refractivity contribution in [3.05, 3.63) is 69.6 Å². The van der Waals surface area contributed by atoms with E-state index in [4.69, 9.17) is 9.15 Å². The number of carbonyl (C=O) groups is 1. The van der Waals surface area contributed by atoms with Gasteiger partial charge in [-0.25, -0.2) is 0 Å². The molecule has 1 fully saturated rings. The maximum Gasteiger partial charge on any atom is 0.253 e. The van der Waals surface area contributed by atoms with Crippen molar-refractivity contribution in [3.63, 3.8) is 0 Å². The second kappa shape index (κ2) is 8.98. The number of amides is 1. The predicted molar refractivity (Wildman–Crippen MR) is 114 cm³/mol. The molecule has 0 aliphatic carbocycles. The predicted octanol–water partition coefficient (Wildman–Crippen LogP) is 3.61. The first-order valence-corrected chi connectivity index (χ1v) is 10.8. The molecule has 0 radical (unpaired) electrons. The molecule has 0 unspecified atom stereocenters. The SMILES string of the molecule is Cc1cc(C(=O)NC[C@@H](c2cccs2)N2CCOCC2)c(C)n1Cc1ccco1. The maximum absolute atomic E-state index is 13.0. The van der Waals surface area contributed by atoms with E-state index in [-0.39, 0.29) is 11.9 Å². The van der Waals surface area contributed by atoms with E-state index in [2.05, 4.69) is 32.3 Å². The van der Waals surface area contributed by atoms with E-state index < -0.39 is 0 Å². The van der Waals surface area contributed by atoms with E-state index in [0.29, 0.717) is 13.1 Å². The number of morpholine rings is 1. The van der Waals surface area contributed by atoms with Gasteiger partial charge in [-0.05, 0) is 43.5 Å². The van der Waals surface area contributed by atoms with E-state index in [0.717, 1.165) is 49.0 Å². The minimum Gasteiger partial charge on any atom is -0.467 e. The molecule has 1 N–H and O–H groups in total. The number of ether oxygens (including phenoxy) is 1. The molecule has 29 heavy (non-hydrogen) atoms. The van der Waals surface area contributed by atoms with Crippen LogP contribution < -0.4 is 5.32 Å². The molecule has 4 rings (SSSR count). The third-order valence-electron chi connectivity index (χ3n) is 5.53. The fraction of sp³-hybridized carbons (Fsp3) is 0.409. The second-order valence-electron chi connectivity index (χ2n) is 7.34. The Balaban J connectivity index is 1.47.